The molecule has 0 unspecified atom stereocenters. The minimum Gasteiger partial charge on any atom is -0.480 e. The lowest BCUT2D eigenvalue weighted by Crippen LogP contribution is -2.33. The van der Waals surface area contributed by atoms with E-state index in [1.807, 2.05) is 19.1 Å². The van der Waals surface area contributed by atoms with Gasteiger partial charge in [-0.2, -0.15) is 0 Å². The molecule has 0 heterocycles. The number of aryl methyl sites for hydroxylation is 1. The zero-order valence-corrected chi connectivity index (χ0v) is 8.28. The van der Waals surface area contributed by atoms with E-state index in [1.54, 1.807) is 12.1 Å². The topological polar surface area (TPSA) is 78.4 Å². The summed E-state index contributed by atoms with van der Waals surface area (Å²) in [5.41, 5.74) is 1.66. The lowest BCUT2D eigenvalue weighted by atomic mass is 10.2. The number of anilines is 1. The van der Waals surface area contributed by atoms with Crippen molar-refractivity contribution in [1.82, 2.24) is 5.32 Å². The molecule has 0 aliphatic heterocycles. The second kappa shape index (κ2) is 4.99. The number of carboxylic acids is 1. The van der Waals surface area contributed by atoms with E-state index in [2.05, 4.69) is 10.6 Å². The highest BCUT2D eigenvalue weighted by atomic mass is 16.4. The first-order valence-corrected chi connectivity index (χ1v) is 4.41. The van der Waals surface area contributed by atoms with Crippen LogP contribution in [0.2, 0.25) is 0 Å². The van der Waals surface area contributed by atoms with Crippen molar-refractivity contribution >= 4 is 17.7 Å². The molecule has 3 N–H and O–H groups in total. The highest BCUT2D eigenvalue weighted by Crippen LogP contribution is 2.08. The predicted octanol–water partition coefficient (Wildman–Crippen LogP) is 1.20. The van der Waals surface area contributed by atoms with Gasteiger partial charge in [0.05, 0.1) is 0 Å². The van der Waals surface area contributed by atoms with Gasteiger partial charge in [-0.15, -0.1) is 0 Å². The molecule has 0 bridgehead atoms. The molecule has 5 nitrogen and oxygen atoms in total. The van der Waals surface area contributed by atoms with Gasteiger partial charge in [-0.25, -0.2) is 4.79 Å². The summed E-state index contributed by atoms with van der Waals surface area (Å²) in [5.74, 6) is -1.07. The molecule has 80 valence electrons. The van der Waals surface area contributed by atoms with Crippen LogP contribution in [0.1, 0.15) is 5.56 Å². The van der Waals surface area contributed by atoms with Crippen LogP contribution in [0.3, 0.4) is 0 Å². The number of carbonyl (C=O) groups excluding carboxylic acids is 1. The van der Waals surface area contributed by atoms with Crippen LogP contribution in [-0.2, 0) is 4.79 Å². The third kappa shape index (κ3) is 4.12. The highest BCUT2D eigenvalue weighted by Gasteiger charge is 2.03. The molecule has 0 saturated heterocycles. The van der Waals surface area contributed by atoms with Crippen LogP contribution in [-0.4, -0.2) is 23.7 Å². The van der Waals surface area contributed by atoms with Crippen LogP contribution in [0, 0.1) is 6.92 Å². The van der Waals surface area contributed by atoms with Crippen molar-refractivity contribution < 1.29 is 14.7 Å². The molecule has 0 atom stereocenters. The van der Waals surface area contributed by atoms with Gasteiger partial charge in [-0.1, -0.05) is 12.1 Å². The lowest BCUT2D eigenvalue weighted by molar-refractivity contribution is -0.135. The average molecular weight is 208 g/mol. The molecule has 0 radical (unpaired) electrons. The van der Waals surface area contributed by atoms with Crippen molar-refractivity contribution in [2.75, 3.05) is 11.9 Å². The van der Waals surface area contributed by atoms with E-state index in [0.717, 1.165) is 5.56 Å². The van der Waals surface area contributed by atoms with Gasteiger partial charge in [0.2, 0.25) is 0 Å². The molecule has 0 aliphatic carbocycles. The Morgan fingerprint density at radius 1 is 1.40 bits per heavy atom. The molecular weight excluding hydrogens is 196 g/mol. The van der Waals surface area contributed by atoms with Crippen LogP contribution in [0.4, 0.5) is 10.5 Å². The Morgan fingerprint density at radius 2 is 2.13 bits per heavy atom. The number of carboxylic acid groups (broad SMARTS) is 1. The summed E-state index contributed by atoms with van der Waals surface area (Å²) in [6.07, 6.45) is 0. The van der Waals surface area contributed by atoms with E-state index in [0.29, 0.717) is 5.69 Å². The van der Waals surface area contributed by atoms with Gasteiger partial charge in [-0.05, 0) is 24.6 Å². The van der Waals surface area contributed by atoms with Crippen LogP contribution in [0.15, 0.2) is 24.3 Å². The summed E-state index contributed by atoms with van der Waals surface area (Å²) < 4.78 is 0. The number of rotatable bonds is 3. The number of amides is 2. The second-order valence-corrected chi connectivity index (χ2v) is 3.07. The van der Waals surface area contributed by atoms with Gasteiger partial charge in [0, 0.05) is 5.69 Å². The third-order valence-electron chi connectivity index (χ3n) is 1.68. The molecule has 1 aromatic carbocycles. The molecular formula is C10H12N2O3. The lowest BCUT2D eigenvalue weighted by Gasteiger charge is -2.05. The minimum absolute atomic E-state index is 0.391. The minimum atomic E-state index is -1.07. The van der Waals surface area contributed by atoms with Gasteiger partial charge >= 0.3 is 12.0 Å². The summed E-state index contributed by atoms with van der Waals surface area (Å²) >= 11 is 0. The van der Waals surface area contributed by atoms with Crippen LogP contribution >= 0.6 is 0 Å². The molecule has 0 saturated carbocycles. The van der Waals surface area contributed by atoms with Crippen LogP contribution < -0.4 is 10.6 Å². The summed E-state index contributed by atoms with van der Waals surface area (Å²) in [5, 5.41) is 13.1. The Hall–Kier alpha value is -2.04. The Labute approximate surface area is 87.1 Å². The van der Waals surface area contributed by atoms with Crippen molar-refractivity contribution in [3.05, 3.63) is 29.8 Å². The fourth-order valence-corrected chi connectivity index (χ4v) is 1.05. The van der Waals surface area contributed by atoms with Crippen LogP contribution in [0.25, 0.3) is 0 Å². The van der Waals surface area contributed by atoms with Gasteiger partial charge in [0.15, 0.2) is 0 Å². The van der Waals surface area contributed by atoms with Crippen molar-refractivity contribution in [2.24, 2.45) is 0 Å². The second-order valence-electron chi connectivity index (χ2n) is 3.07. The molecule has 0 aromatic heterocycles. The highest BCUT2D eigenvalue weighted by molar-refractivity contribution is 5.91. The summed E-state index contributed by atoms with van der Waals surface area (Å²) in [6, 6.07) is 6.71. The third-order valence-corrected chi connectivity index (χ3v) is 1.68. The van der Waals surface area contributed by atoms with E-state index in [9.17, 15) is 9.59 Å². The number of benzene rings is 1. The van der Waals surface area contributed by atoms with E-state index >= 15 is 0 Å². The van der Waals surface area contributed by atoms with Gasteiger partial charge in [0.25, 0.3) is 0 Å². The molecule has 2 amide bonds. The quantitative estimate of drug-likeness (QED) is 0.698. The van der Waals surface area contributed by atoms with Crippen molar-refractivity contribution in [3.63, 3.8) is 0 Å². The first-order valence-electron chi connectivity index (χ1n) is 4.41. The van der Waals surface area contributed by atoms with E-state index in [4.69, 9.17) is 5.11 Å². The number of carbonyl (C=O) groups is 2. The van der Waals surface area contributed by atoms with Crippen molar-refractivity contribution in [3.8, 4) is 0 Å². The SMILES string of the molecule is Cc1cccc(NC(=O)NCC(=O)O)c1. The Bertz CT molecular complexity index is 377. The standard InChI is InChI=1S/C10H12N2O3/c1-7-3-2-4-8(5-7)12-10(15)11-6-9(13)14/h2-5H,6H2,1H3,(H,13,14)(H2,11,12,15). The number of aliphatic carboxylic acids is 1. The monoisotopic (exact) mass is 208 g/mol. The maximum absolute atomic E-state index is 11.1. The van der Waals surface area contributed by atoms with Crippen molar-refractivity contribution in [1.29, 1.82) is 0 Å². The number of hydrogen-bond acceptors (Lipinski definition) is 2. The molecule has 0 spiro atoms. The van der Waals surface area contributed by atoms with Crippen LogP contribution in [0.5, 0.6) is 0 Å². The predicted molar refractivity (Wildman–Crippen MR) is 55.8 cm³/mol. The number of nitrogens with one attached hydrogen (secondary N) is 2. The molecule has 15 heavy (non-hydrogen) atoms. The zero-order chi connectivity index (χ0) is 11.3. The number of hydrogen-bond donors (Lipinski definition) is 3. The van der Waals surface area contributed by atoms with E-state index in [1.165, 1.54) is 0 Å². The maximum atomic E-state index is 11.1. The maximum Gasteiger partial charge on any atom is 0.323 e. The Kier molecular flexibility index (Phi) is 3.68. The van der Waals surface area contributed by atoms with Gasteiger partial charge < -0.3 is 15.7 Å². The number of urea groups is 1. The fraction of sp³-hybridized carbons (Fsp3) is 0.200. The zero-order valence-electron chi connectivity index (χ0n) is 8.28. The normalized spacial score (nSPS) is 9.40. The molecule has 1 aromatic rings. The summed E-state index contributed by atoms with van der Waals surface area (Å²) in [7, 11) is 0. The van der Waals surface area contributed by atoms with Gasteiger partial charge in [0.1, 0.15) is 6.54 Å². The van der Waals surface area contributed by atoms with Crippen molar-refractivity contribution in [2.45, 2.75) is 6.92 Å². The average Bonchev–Trinajstić information content (AvgIpc) is 2.15. The largest absolute Gasteiger partial charge is 0.480 e. The molecule has 1 rings (SSSR count). The first-order chi connectivity index (χ1) is 7.08. The smallest absolute Gasteiger partial charge is 0.323 e. The van der Waals surface area contributed by atoms with Gasteiger partial charge in [-0.3, -0.25) is 4.79 Å². The molecule has 0 aliphatic rings. The van der Waals surface area contributed by atoms with E-state index in [-0.39, 0.29) is 0 Å². The molecule has 0 fully saturated rings. The fourth-order valence-electron chi connectivity index (χ4n) is 1.05. The Morgan fingerprint density at radius 3 is 2.73 bits per heavy atom. The first kappa shape index (κ1) is 11.0. The molecule has 5 heteroatoms. The van der Waals surface area contributed by atoms with E-state index < -0.39 is 18.5 Å². The Balaban J connectivity index is 2.48. The summed E-state index contributed by atoms with van der Waals surface area (Å²) in [4.78, 5) is 21.3. The summed E-state index contributed by atoms with van der Waals surface area (Å²) in [6.45, 7) is 1.51.